The minimum atomic E-state index is 0.0223. The van der Waals surface area contributed by atoms with Gasteiger partial charge in [0.2, 0.25) is 5.91 Å². The molecule has 0 aliphatic heterocycles. The summed E-state index contributed by atoms with van der Waals surface area (Å²) in [5.74, 6) is 0.0223. The average Bonchev–Trinajstić information content (AvgIpc) is 2.78. The van der Waals surface area contributed by atoms with Gasteiger partial charge < -0.3 is 10.6 Å². The molecule has 0 aliphatic carbocycles. The summed E-state index contributed by atoms with van der Waals surface area (Å²) in [5, 5.41) is 7.42. The quantitative estimate of drug-likeness (QED) is 0.866. The third-order valence-corrected chi connectivity index (χ3v) is 4.44. The van der Waals surface area contributed by atoms with Crippen molar-refractivity contribution in [2.24, 2.45) is 0 Å². The largest absolute Gasteiger partial charge is 0.378 e. The number of hydrogen-bond acceptors (Lipinski definition) is 4. The molecular weight excluding hydrogens is 282 g/mol. The van der Waals surface area contributed by atoms with Crippen LogP contribution in [-0.4, -0.2) is 10.9 Å². The zero-order chi connectivity index (χ0) is 15.4. The zero-order valence-corrected chi connectivity index (χ0v) is 13.7. The molecule has 1 aromatic heterocycles. The topological polar surface area (TPSA) is 54.0 Å². The van der Waals surface area contributed by atoms with Gasteiger partial charge in [-0.15, -0.1) is 11.3 Å². The Hall–Kier alpha value is -1.88. The van der Waals surface area contributed by atoms with Crippen LogP contribution in [0.2, 0.25) is 0 Å². The molecule has 0 aliphatic rings. The van der Waals surface area contributed by atoms with Crippen molar-refractivity contribution in [1.29, 1.82) is 0 Å². The van der Waals surface area contributed by atoms with Crippen molar-refractivity contribution in [3.05, 3.63) is 39.8 Å². The molecule has 1 atom stereocenters. The van der Waals surface area contributed by atoms with E-state index < -0.39 is 0 Å². The molecule has 112 valence electrons. The predicted molar refractivity (Wildman–Crippen MR) is 89.0 cm³/mol. The molecule has 21 heavy (non-hydrogen) atoms. The summed E-state index contributed by atoms with van der Waals surface area (Å²) < 4.78 is 0. The minimum absolute atomic E-state index is 0.0223. The summed E-state index contributed by atoms with van der Waals surface area (Å²) in [6.07, 6.45) is 0.480. The van der Waals surface area contributed by atoms with Crippen LogP contribution in [0.4, 0.5) is 11.4 Å². The summed E-state index contributed by atoms with van der Waals surface area (Å²) in [5.41, 5.74) is 2.88. The standard InChI is InChI=1S/C16H21N3OS/c1-5-15(20)19-14-8-6-7-13(9-14)18-11(3)16-10(2)17-12(4)21-16/h6-9,11,18H,5H2,1-4H3,(H,19,20). The molecule has 0 saturated heterocycles. The number of carbonyl (C=O) groups is 1. The SMILES string of the molecule is CCC(=O)Nc1cccc(NC(C)c2sc(C)nc2C)c1. The third kappa shape index (κ3) is 4.04. The predicted octanol–water partition coefficient (Wildman–Crippen LogP) is 4.28. The van der Waals surface area contributed by atoms with Gasteiger partial charge in [0, 0.05) is 22.7 Å². The van der Waals surface area contributed by atoms with Crippen molar-refractivity contribution in [2.75, 3.05) is 10.6 Å². The van der Waals surface area contributed by atoms with E-state index in [1.165, 1.54) is 4.88 Å². The Labute approximate surface area is 129 Å². The van der Waals surface area contributed by atoms with E-state index in [1.54, 1.807) is 11.3 Å². The van der Waals surface area contributed by atoms with Crippen LogP contribution in [0.5, 0.6) is 0 Å². The number of carbonyl (C=O) groups excluding carboxylic acids is 1. The van der Waals surface area contributed by atoms with Gasteiger partial charge in [0.05, 0.1) is 16.7 Å². The number of nitrogens with zero attached hydrogens (tertiary/aromatic N) is 1. The summed E-state index contributed by atoms with van der Waals surface area (Å²) >= 11 is 1.72. The number of anilines is 2. The van der Waals surface area contributed by atoms with Gasteiger partial charge in [-0.25, -0.2) is 4.98 Å². The fourth-order valence-electron chi connectivity index (χ4n) is 2.20. The fraction of sp³-hybridized carbons (Fsp3) is 0.375. The van der Waals surface area contributed by atoms with Gasteiger partial charge in [-0.05, 0) is 39.0 Å². The summed E-state index contributed by atoms with van der Waals surface area (Å²) in [6.45, 7) is 8.02. The Morgan fingerprint density at radius 2 is 2.05 bits per heavy atom. The van der Waals surface area contributed by atoms with Crippen molar-refractivity contribution in [3.8, 4) is 0 Å². The summed E-state index contributed by atoms with van der Waals surface area (Å²) in [4.78, 5) is 17.2. The van der Waals surface area contributed by atoms with E-state index in [9.17, 15) is 4.79 Å². The molecule has 0 spiro atoms. The number of aromatic nitrogens is 1. The van der Waals surface area contributed by atoms with Gasteiger partial charge in [-0.2, -0.15) is 0 Å². The average molecular weight is 303 g/mol. The number of aryl methyl sites for hydroxylation is 2. The lowest BCUT2D eigenvalue weighted by Gasteiger charge is -2.15. The first-order valence-electron chi connectivity index (χ1n) is 7.10. The van der Waals surface area contributed by atoms with Crippen LogP contribution in [0.3, 0.4) is 0 Å². The monoisotopic (exact) mass is 303 g/mol. The number of amides is 1. The molecule has 1 heterocycles. The van der Waals surface area contributed by atoms with Gasteiger partial charge in [-0.3, -0.25) is 4.79 Å². The molecule has 4 nitrogen and oxygen atoms in total. The van der Waals surface area contributed by atoms with Crippen molar-refractivity contribution in [2.45, 2.75) is 40.2 Å². The van der Waals surface area contributed by atoms with Gasteiger partial charge in [0.1, 0.15) is 0 Å². The highest BCUT2D eigenvalue weighted by molar-refractivity contribution is 7.11. The second-order valence-corrected chi connectivity index (χ2v) is 6.27. The first kappa shape index (κ1) is 15.5. The number of nitrogens with one attached hydrogen (secondary N) is 2. The maximum absolute atomic E-state index is 11.4. The Bertz CT molecular complexity index is 636. The number of benzene rings is 1. The van der Waals surface area contributed by atoms with Crippen LogP contribution in [0.15, 0.2) is 24.3 Å². The molecule has 5 heteroatoms. The lowest BCUT2D eigenvalue weighted by molar-refractivity contribution is -0.115. The van der Waals surface area contributed by atoms with E-state index in [0.29, 0.717) is 6.42 Å². The molecule has 0 saturated carbocycles. The molecule has 0 bridgehead atoms. The molecule has 2 rings (SSSR count). The number of rotatable bonds is 5. The van der Waals surface area contributed by atoms with Crippen LogP contribution in [0.25, 0.3) is 0 Å². The highest BCUT2D eigenvalue weighted by atomic mass is 32.1. The number of thiazole rings is 1. The van der Waals surface area contributed by atoms with Crippen LogP contribution in [-0.2, 0) is 4.79 Å². The van der Waals surface area contributed by atoms with E-state index in [2.05, 4.69) is 22.5 Å². The summed E-state index contributed by atoms with van der Waals surface area (Å²) in [7, 11) is 0. The van der Waals surface area contributed by atoms with E-state index in [1.807, 2.05) is 45.0 Å². The van der Waals surface area contributed by atoms with E-state index in [-0.39, 0.29) is 11.9 Å². The van der Waals surface area contributed by atoms with Gasteiger partial charge in [-0.1, -0.05) is 13.0 Å². The van der Waals surface area contributed by atoms with Crippen molar-refractivity contribution >= 4 is 28.6 Å². The van der Waals surface area contributed by atoms with Gasteiger partial charge >= 0.3 is 0 Å². The molecule has 2 aromatic rings. The maximum atomic E-state index is 11.4. The maximum Gasteiger partial charge on any atom is 0.224 e. The zero-order valence-electron chi connectivity index (χ0n) is 12.9. The van der Waals surface area contributed by atoms with Gasteiger partial charge in [0.25, 0.3) is 0 Å². The highest BCUT2D eigenvalue weighted by Crippen LogP contribution is 2.28. The molecule has 1 unspecified atom stereocenters. The Morgan fingerprint density at radius 1 is 1.33 bits per heavy atom. The normalized spacial score (nSPS) is 12.0. The van der Waals surface area contributed by atoms with E-state index in [0.717, 1.165) is 22.1 Å². The smallest absolute Gasteiger partial charge is 0.224 e. The minimum Gasteiger partial charge on any atom is -0.378 e. The van der Waals surface area contributed by atoms with Crippen LogP contribution >= 0.6 is 11.3 Å². The highest BCUT2D eigenvalue weighted by Gasteiger charge is 2.13. The van der Waals surface area contributed by atoms with Crippen LogP contribution in [0.1, 0.15) is 41.9 Å². The van der Waals surface area contributed by atoms with Gasteiger partial charge in [0.15, 0.2) is 0 Å². The van der Waals surface area contributed by atoms with E-state index >= 15 is 0 Å². The molecule has 0 fully saturated rings. The Morgan fingerprint density at radius 3 is 2.67 bits per heavy atom. The second kappa shape index (κ2) is 6.72. The first-order valence-corrected chi connectivity index (χ1v) is 7.91. The van der Waals surface area contributed by atoms with E-state index in [4.69, 9.17) is 0 Å². The Balaban J connectivity index is 2.10. The fourth-order valence-corrected chi connectivity index (χ4v) is 3.13. The number of hydrogen-bond donors (Lipinski definition) is 2. The molecule has 1 aromatic carbocycles. The van der Waals surface area contributed by atoms with Crippen LogP contribution in [0, 0.1) is 13.8 Å². The lowest BCUT2D eigenvalue weighted by atomic mass is 10.2. The third-order valence-electron chi connectivity index (χ3n) is 3.18. The van der Waals surface area contributed by atoms with Crippen molar-refractivity contribution in [1.82, 2.24) is 4.98 Å². The Kier molecular flexibility index (Phi) is 4.96. The lowest BCUT2D eigenvalue weighted by Crippen LogP contribution is -2.10. The molecule has 0 radical (unpaired) electrons. The molecule has 2 N–H and O–H groups in total. The second-order valence-electron chi connectivity index (χ2n) is 5.03. The first-order chi connectivity index (χ1) is 9.99. The molecule has 1 amide bonds. The van der Waals surface area contributed by atoms with Crippen molar-refractivity contribution in [3.63, 3.8) is 0 Å². The van der Waals surface area contributed by atoms with Crippen LogP contribution < -0.4 is 10.6 Å². The summed E-state index contributed by atoms with van der Waals surface area (Å²) in [6, 6.07) is 7.97. The molecular formula is C16H21N3OS. The van der Waals surface area contributed by atoms with Crippen molar-refractivity contribution < 1.29 is 4.79 Å².